The third kappa shape index (κ3) is 1.55. The van der Waals surface area contributed by atoms with Crippen LogP contribution < -0.4 is 5.56 Å². The topological polar surface area (TPSA) is 50.7 Å². The Bertz CT molecular complexity index is 640. The molecule has 1 aliphatic rings. The van der Waals surface area contributed by atoms with Gasteiger partial charge in [-0.2, -0.15) is 5.10 Å². The normalized spacial score (nSPS) is 16.0. The van der Waals surface area contributed by atoms with Crippen molar-refractivity contribution < 1.29 is 8.78 Å². The van der Waals surface area contributed by atoms with Crippen LogP contribution in [0.3, 0.4) is 0 Å². The number of nitrogens with one attached hydrogen (secondary N) is 1. The molecule has 1 saturated carbocycles. The van der Waals surface area contributed by atoms with E-state index in [4.69, 9.17) is 0 Å². The van der Waals surface area contributed by atoms with Gasteiger partial charge in [-0.1, -0.05) is 0 Å². The van der Waals surface area contributed by atoms with E-state index in [1.807, 2.05) is 0 Å². The number of rotatable bonds is 2. The summed E-state index contributed by atoms with van der Waals surface area (Å²) in [6.07, 6.45) is -0.691. The van der Waals surface area contributed by atoms with Crippen LogP contribution in [-0.2, 0) is 7.05 Å². The minimum absolute atomic E-state index is 0.209. The number of nitrogens with zero attached hydrogens (tertiary/aromatic N) is 2. The average Bonchev–Trinajstić information content (AvgIpc) is 3.04. The van der Waals surface area contributed by atoms with Crippen LogP contribution in [0.5, 0.6) is 0 Å². The van der Waals surface area contributed by atoms with Crippen molar-refractivity contribution in [3.8, 4) is 0 Å². The number of H-pyrrole nitrogens is 1. The molecule has 3 rings (SSSR count). The Labute approximate surface area is 95.3 Å². The van der Waals surface area contributed by atoms with Crippen molar-refractivity contribution in [2.45, 2.75) is 25.2 Å². The predicted molar refractivity (Wildman–Crippen MR) is 58.3 cm³/mol. The van der Waals surface area contributed by atoms with Crippen LogP contribution in [0.4, 0.5) is 8.78 Å². The van der Waals surface area contributed by atoms with Crippen LogP contribution in [0.25, 0.3) is 11.0 Å². The summed E-state index contributed by atoms with van der Waals surface area (Å²) in [5.41, 5.74) is 0.348. The van der Waals surface area contributed by atoms with Crippen molar-refractivity contribution in [2.75, 3.05) is 0 Å². The molecule has 1 N–H and O–H groups in total. The Kier molecular flexibility index (Phi) is 2.08. The monoisotopic (exact) mass is 239 g/mol. The van der Waals surface area contributed by atoms with Crippen LogP contribution in [0.2, 0.25) is 0 Å². The first-order valence-electron chi connectivity index (χ1n) is 5.46. The fourth-order valence-electron chi connectivity index (χ4n) is 2.15. The number of pyridine rings is 1. The first-order chi connectivity index (χ1) is 8.08. The lowest BCUT2D eigenvalue weighted by molar-refractivity contribution is 0.153. The van der Waals surface area contributed by atoms with Crippen LogP contribution >= 0.6 is 0 Å². The zero-order valence-corrected chi connectivity index (χ0v) is 9.20. The number of fused-ring (bicyclic) bond motifs is 1. The maximum atomic E-state index is 13.0. The average molecular weight is 239 g/mol. The van der Waals surface area contributed by atoms with E-state index in [9.17, 15) is 13.6 Å². The fraction of sp³-hybridized carbons (Fsp3) is 0.455. The Morgan fingerprint density at radius 3 is 2.82 bits per heavy atom. The van der Waals surface area contributed by atoms with Gasteiger partial charge in [-0.25, -0.2) is 8.78 Å². The molecule has 0 unspecified atom stereocenters. The second-order valence-electron chi connectivity index (χ2n) is 4.40. The standard InChI is InChI=1S/C11H11F2N3O/c1-16-11-8(9(15-16)5-2-3-5)6(10(12)13)4-7(17)14-11/h4-5,10H,2-3H2,1H3,(H,14,17). The van der Waals surface area contributed by atoms with E-state index >= 15 is 0 Å². The molecule has 0 aromatic carbocycles. The SMILES string of the molecule is Cn1nc(C2CC2)c2c(C(F)F)cc(=O)[nH]c21. The van der Waals surface area contributed by atoms with Gasteiger partial charge in [0.25, 0.3) is 6.43 Å². The summed E-state index contributed by atoms with van der Waals surface area (Å²) < 4.78 is 27.4. The molecule has 0 atom stereocenters. The van der Waals surface area contributed by atoms with E-state index < -0.39 is 12.0 Å². The van der Waals surface area contributed by atoms with Gasteiger partial charge in [0.1, 0.15) is 5.65 Å². The van der Waals surface area contributed by atoms with Crippen LogP contribution in [0.1, 0.15) is 36.4 Å². The maximum Gasteiger partial charge on any atom is 0.264 e. The molecule has 0 spiro atoms. The van der Waals surface area contributed by atoms with Gasteiger partial charge in [-0.3, -0.25) is 9.48 Å². The highest BCUT2D eigenvalue weighted by molar-refractivity contribution is 5.83. The van der Waals surface area contributed by atoms with Crippen LogP contribution in [-0.4, -0.2) is 14.8 Å². The molecule has 0 aliphatic heterocycles. The van der Waals surface area contributed by atoms with Crippen molar-refractivity contribution in [3.05, 3.63) is 27.7 Å². The predicted octanol–water partition coefficient (Wildman–Crippen LogP) is 2.08. The van der Waals surface area contributed by atoms with Crippen molar-refractivity contribution in [3.63, 3.8) is 0 Å². The van der Waals surface area contributed by atoms with Gasteiger partial charge in [-0.05, 0) is 12.8 Å². The van der Waals surface area contributed by atoms with Crippen LogP contribution in [0.15, 0.2) is 10.9 Å². The van der Waals surface area contributed by atoms with E-state index in [1.165, 1.54) is 4.68 Å². The highest BCUT2D eigenvalue weighted by Gasteiger charge is 2.31. The van der Waals surface area contributed by atoms with Gasteiger partial charge >= 0.3 is 0 Å². The summed E-state index contributed by atoms with van der Waals surface area (Å²) in [7, 11) is 1.65. The quantitative estimate of drug-likeness (QED) is 0.872. The van der Waals surface area contributed by atoms with Crippen LogP contribution in [0, 0.1) is 0 Å². The van der Waals surface area contributed by atoms with Crippen molar-refractivity contribution in [1.82, 2.24) is 14.8 Å². The highest BCUT2D eigenvalue weighted by Crippen LogP contribution is 2.43. The summed E-state index contributed by atoms with van der Waals surface area (Å²) in [4.78, 5) is 13.9. The molecule has 2 aromatic rings. The minimum atomic E-state index is -2.65. The lowest BCUT2D eigenvalue weighted by Crippen LogP contribution is -2.08. The number of aromatic amines is 1. The van der Waals surface area contributed by atoms with Gasteiger partial charge in [-0.15, -0.1) is 0 Å². The first-order valence-corrected chi connectivity index (χ1v) is 5.46. The fourth-order valence-corrected chi connectivity index (χ4v) is 2.15. The second kappa shape index (κ2) is 3.38. The molecule has 0 amide bonds. The molecule has 90 valence electrons. The van der Waals surface area contributed by atoms with Gasteiger partial charge < -0.3 is 4.98 Å². The van der Waals surface area contributed by atoms with Gasteiger partial charge in [0, 0.05) is 30.0 Å². The number of aryl methyl sites for hydroxylation is 1. The molecule has 0 bridgehead atoms. The number of alkyl halides is 2. The molecule has 17 heavy (non-hydrogen) atoms. The zero-order chi connectivity index (χ0) is 12.2. The van der Waals surface area contributed by atoms with Crippen molar-refractivity contribution in [2.24, 2.45) is 7.05 Å². The third-order valence-electron chi connectivity index (χ3n) is 3.09. The Hall–Kier alpha value is -1.72. The molecule has 2 aromatic heterocycles. The van der Waals surface area contributed by atoms with Gasteiger partial charge in [0.05, 0.1) is 5.69 Å². The van der Waals surface area contributed by atoms with E-state index in [1.54, 1.807) is 7.05 Å². The lowest BCUT2D eigenvalue weighted by Gasteiger charge is -2.02. The Morgan fingerprint density at radius 2 is 2.24 bits per heavy atom. The molecule has 1 fully saturated rings. The summed E-state index contributed by atoms with van der Waals surface area (Å²) in [6.45, 7) is 0. The number of halogens is 2. The molecular formula is C11H11F2N3O. The molecule has 2 heterocycles. The van der Waals surface area contributed by atoms with Gasteiger partial charge in [0.15, 0.2) is 0 Å². The Balaban J connectivity index is 2.40. The summed E-state index contributed by atoms with van der Waals surface area (Å²) in [5, 5.41) is 4.67. The number of hydrogen-bond donors (Lipinski definition) is 1. The Morgan fingerprint density at radius 1 is 1.53 bits per heavy atom. The van der Waals surface area contributed by atoms with E-state index in [0.29, 0.717) is 16.7 Å². The van der Waals surface area contributed by atoms with Gasteiger partial charge in [0.2, 0.25) is 5.56 Å². The third-order valence-corrected chi connectivity index (χ3v) is 3.09. The van der Waals surface area contributed by atoms with E-state index in [2.05, 4.69) is 10.1 Å². The maximum absolute atomic E-state index is 13.0. The largest absolute Gasteiger partial charge is 0.307 e. The number of hydrogen-bond acceptors (Lipinski definition) is 2. The molecule has 6 heteroatoms. The van der Waals surface area contributed by atoms with Crippen molar-refractivity contribution >= 4 is 11.0 Å². The number of aromatic nitrogens is 3. The zero-order valence-electron chi connectivity index (χ0n) is 9.20. The minimum Gasteiger partial charge on any atom is -0.307 e. The second-order valence-corrected chi connectivity index (χ2v) is 4.40. The molecular weight excluding hydrogens is 228 g/mol. The van der Waals surface area contributed by atoms with E-state index in [-0.39, 0.29) is 11.5 Å². The molecule has 0 saturated heterocycles. The van der Waals surface area contributed by atoms with E-state index in [0.717, 1.165) is 18.9 Å². The summed E-state index contributed by atoms with van der Waals surface area (Å²) in [6, 6.07) is 0.973. The molecule has 4 nitrogen and oxygen atoms in total. The summed E-state index contributed by atoms with van der Waals surface area (Å²) >= 11 is 0. The lowest BCUT2D eigenvalue weighted by atomic mass is 10.1. The first kappa shape index (κ1) is 10.4. The van der Waals surface area contributed by atoms with Crippen molar-refractivity contribution in [1.29, 1.82) is 0 Å². The highest BCUT2D eigenvalue weighted by atomic mass is 19.3. The smallest absolute Gasteiger partial charge is 0.264 e. The molecule has 0 radical (unpaired) electrons. The summed E-state index contributed by atoms with van der Waals surface area (Å²) in [5.74, 6) is 0.266. The molecule has 1 aliphatic carbocycles.